The third-order valence-electron chi connectivity index (χ3n) is 3.45. The van der Waals surface area contributed by atoms with Gasteiger partial charge in [0.05, 0.1) is 11.0 Å². The molecular weight excluding hydrogens is 320 g/mol. The van der Waals surface area contributed by atoms with Gasteiger partial charge in [0, 0.05) is 11.4 Å². The van der Waals surface area contributed by atoms with Crippen LogP contribution in [-0.4, -0.2) is 22.8 Å². The molecule has 2 amide bonds. The van der Waals surface area contributed by atoms with Crippen LogP contribution in [0.3, 0.4) is 0 Å². The molecule has 0 fully saturated rings. The van der Waals surface area contributed by atoms with Gasteiger partial charge in [-0.1, -0.05) is 29.8 Å². The first-order chi connectivity index (χ1) is 11.4. The van der Waals surface area contributed by atoms with E-state index in [0.717, 1.165) is 22.5 Å². The minimum atomic E-state index is -0.311. The summed E-state index contributed by atoms with van der Waals surface area (Å²) in [5.41, 5.74) is 3.77. The highest BCUT2D eigenvalue weighted by Crippen LogP contribution is 2.16. The van der Waals surface area contributed by atoms with Gasteiger partial charge in [-0.25, -0.2) is 0 Å². The number of thioether (sulfide) groups is 1. The second kappa shape index (κ2) is 8.55. The first-order valence-electron chi connectivity index (χ1n) is 7.79. The van der Waals surface area contributed by atoms with E-state index in [2.05, 4.69) is 10.6 Å². The first kappa shape index (κ1) is 18.1. The smallest absolute Gasteiger partial charge is 0.237 e. The lowest BCUT2D eigenvalue weighted by Crippen LogP contribution is -2.25. The van der Waals surface area contributed by atoms with Crippen molar-refractivity contribution in [3.8, 4) is 0 Å². The lowest BCUT2D eigenvalue weighted by molar-refractivity contribution is -0.115. The van der Waals surface area contributed by atoms with Crippen LogP contribution in [0.15, 0.2) is 48.5 Å². The average Bonchev–Trinajstić information content (AvgIpc) is 2.54. The van der Waals surface area contributed by atoms with E-state index >= 15 is 0 Å². The van der Waals surface area contributed by atoms with E-state index in [1.807, 2.05) is 62.4 Å². The molecule has 0 aliphatic rings. The topological polar surface area (TPSA) is 58.2 Å². The maximum atomic E-state index is 12.2. The SMILES string of the molecule is Cc1ccc(NC(=O)CSC(C)C(=O)Nc2cccc(C)c2)cc1. The fourth-order valence-corrected chi connectivity index (χ4v) is 2.76. The summed E-state index contributed by atoms with van der Waals surface area (Å²) in [7, 11) is 0. The number of hydrogen-bond acceptors (Lipinski definition) is 3. The van der Waals surface area contributed by atoms with Gasteiger partial charge in [0.25, 0.3) is 0 Å². The molecular formula is C19H22N2O2S. The van der Waals surface area contributed by atoms with Gasteiger partial charge in [-0.05, 0) is 50.6 Å². The van der Waals surface area contributed by atoms with Gasteiger partial charge >= 0.3 is 0 Å². The summed E-state index contributed by atoms with van der Waals surface area (Å²) in [5, 5.41) is 5.39. The standard InChI is InChI=1S/C19H22N2O2S/c1-13-7-9-16(10-8-13)20-18(22)12-24-15(3)19(23)21-17-6-4-5-14(2)11-17/h4-11,15H,12H2,1-3H3,(H,20,22)(H,21,23). The van der Waals surface area contributed by atoms with Crippen LogP contribution < -0.4 is 10.6 Å². The van der Waals surface area contributed by atoms with E-state index < -0.39 is 0 Å². The zero-order valence-electron chi connectivity index (χ0n) is 14.1. The van der Waals surface area contributed by atoms with Crippen LogP contribution in [0.4, 0.5) is 11.4 Å². The molecule has 4 nitrogen and oxygen atoms in total. The zero-order valence-corrected chi connectivity index (χ0v) is 14.9. The summed E-state index contributed by atoms with van der Waals surface area (Å²) >= 11 is 1.31. The maximum Gasteiger partial charge on any atom is 0.237 e. The van der Waals surface area contributed by atoms with Gasteiger partial charge < -0.3 is 10.6 Å². The van der Waals surface area contributed by atoms with Crippen LogP contribution in [-0.2, 0) is 9.59 Å². The summed E-state index contributed by atoms with van der Waals surface area (Å²) < 4.78 is 0. The van der Waals surface area contributed by atoms with Crippen molar-refractivity contribution in [1.82, 2.24) is 0 Å². The normalized spacial score (nSPS) is 11.6. The fraction of sp³-hybridized carbons (Fsp3) is 0.263. The molecule has 0 saturated heterocycles. The number of amides is 2. The van der Waals surface area contributed by atoms with Crippen molar-refractivity contribution in [2.45, 2.75) is 26.0 Å². The molecule has 24 heavy (non-hydrogen) atoms. The highest BCUT2D eigenvalue weighted by Gasteiger charge is 2.15. The van der Waals surface area contributed by atoms with E-state index in [-0.39, 0.29) is 22.8 Å². The summed E-state index contributed by atoms with van der Waals surface area (Å²) in [6, 6.07) is 15.3. The first-order valence-corrected chi connectivity index (χ1v) is 8.84. The van der Waals surface area contributed by atoms with Crippen LogP contribution >= 0.6 is 11.8 Å². The van der Waals surface area contributed by atoms with Crippen molar-refractivity contribution in [3.63, 3.8) is 0 Å². The number of benzene rings is 2. The lowest BCUT2D eigenvalue weighted by Gasteiger charge is -2.12. The van der Waals surface area contributed by atoms with Crippen molar-refractivity contribution in [2.24, 2.45) is 0 Å². The van der Waals surface area contributed by atoms with Gasteiger partial charge in [0.1, 0.15) is 0 Å². The van der Waals surface area contributed by atoms with Gasteiger partial charge in [-0.2, -0.15) is 0 Å². The van der Waals surface area contributed by atoms with E-state index in [0.29, 0.717) is 0 Å². The molecule has 0 aliphatic heterocycles. The molecule has 1 unspecified atom stereocenters. The van der Waals surface area contributed by atoms with Crippen LogP contribution in [0, 0.1) is 13.8 Å². The predicted molar refractivity (Wildman–Crippen MR) is 102 cm³/mol. The molecule has 0 spiro atoms. The Hall–Kier alpha value is -2.27. The van der Waals surface area contributed by atoms with Gasteiger partial charge in [-0.3, -0.25) is 9.59 Å². The predicted octanol–water partition coefficient (Wildman–Crippen LogP) is 4.00. The molecule has 5 heteroatoms. The lowest BCUT2D eigenvalue weighted by atomic mass is 10.2. The Bertz CT molecular complexity index is 714. The monoisotopic (exact) mass is 342 g/mol. The zero-order chi connectivity index (χ0) is 17.5. The summed E-state index contributed by atoms with van der Waals surface area (Å²) in [6.07, 6.45) is 0. The number of anilines is 2. The van der Waals surface area contributed by atoms with Gasteiger partial charge in [-0.15, -0.1) is 11.8 Å². The van der Waals surface area contributed by atoms with Crippen molar-refractivity contribution in [2.75, 3.05) is 16.4 Å². The Morgan fingerprint density at radius 2 is 1.67 bits per heavy atom. The molecule has 2 aromatic carbocycles. The summed E-state index contributed by atoms with van der Waals surface area (Å²) in [5.74, 6) is 0.0174. The van der Waals surface area contributed by atoms with Crippen LogP contribution in [0.1, 0.15) is 18.1 Å². The molecule has 0 bridgehead atoms. The van der Waals surface area contributed by atoms with Crippen molar-refractivity contribution in [3.05, 3.63) is 59.7 Å². The number of aryl methyl sites for hydroxylation is 2. The quantitative estimate of drug-likeness (QED) is 0.834. The Balaban J connectivity index is 1.79. The average molecular weight is 342 g/mol. The maximum absolute atomic E-state index is 12.2. The number of rotatable bonds is 6. The van der Waals surface area contributed by atoms with E-state index in [1.54, 1.807) is 6.92 Å². The van der Waals surface area contributed by atoms with Crippen LogP contribution in [0.25, 0.3) is 0 Å². The minimum absolute atomic E-state index is 0.103. The molecule has 2 N–H and O–H groups in total. The Kier molecular flexibility index (Phi) is 6.44. The molecule has 0 aromatic heterocycles. The Morgan fingerprint density at radius 1 is 0.958 bits per heavy atom. The summed E-state index contributed by atoms with van der Waals surface area (Å²) in [6.45, 7) is 5.77. The highest BCUT2D eigenvalue weighted by atomic mass is 32.2. The Morgan fingerprint density at radius 3 is 2.33 bits per heavy atom. The van der Waals surface area contributed by atoms with Crippen molar-refractivity contribution >= 4 is 35.0 Å². The van der Waals surface area contributed by atoms with E-state index in [1.165, 1.54) is 11.8 Å². The molecule has 1 atom stereocenters. The van der Waals surface area contributed by atoms with Crippen LogP contribution in [0.2, 0.25) is 0 Å². The highest BCUT2D eigenvalue weighted by molar-refractivity contribution is 8.01. The third-order valence-corrected chi connectivity index (χ3v) is 4.60. The van der Waals surface area contributed by atoms with E-state index in [4.69, 9.17) is 0 Å². The number of carbonyl (C=O) groups is 2. The van der Waals surface area contributed by atoms with Crippen LogP contribution in [0.5, 0.6) is 0 Å². The number of nitrogens with one attached hydrogen (secondary N) is 2. The molecule has 0 saturated carbocycles. The summed E-state index contributed by atoms with van der Waals surface area (Å²) in [4.78, 5) is 24.1. The molecule has 2 aromatic rings. The molecule has 0 radical (unpaired) electrons. The molecule has 126 valence electrons. The minimum Gasteiger partial charge on any atom is -0.325 e. The fourth-order valence-electron chi connectivity index (χ4n) is 2.08. The number of hydrogen-bond donors (Lipinski definition) is 2. The number of carbonyl (C=O) groups excluding carboxylic acids is 2. The molecule has 2 rings (SSSR count). The molecule has 0 aliphatic carbocycles. The van der Waals surface area contributed by atoms with Gasteiger partial charge in [0.15, 0.2) is 0 Å². The second-order valence-corrected chi connectivity index (χ2v) is 7.06. The largest absolute Gasteiger partial charge is 0.325 e. The molecule has 0 heterocycles. The third kappa shape index (κ3) is 5.74. The Labute approximate surface area is 147 Å². The van der Waals surface area contributed by atoms with Crippen molar-refractivity contribution in [1.29, 1.82) is 0 Å². The van der Waals surface area contributed by atoms with Crippen molar-refractivity contribution < 1.29 is 9.59 Å². The second-order valence-electron chi connectivity index (χ2n) is 5.73. The van der Waals surface area contributed by atoms with Gasteiger partial charge in [0.2, 0.25) is 11.8 Å². The van der Waals surface area contributed by atoms with E-state index in [9.17, 15) is 9.59 Å².